The Morgan fingerprint density at radius 1 is 1.35 bits per heavy atom. The van der Waals surface area contributed by atoms with Crippen LogP contribution in [-0.2, 0) is 6.54 Å². The lowest BCUT2D eigenvalue weighted by Gasteiger charge is -2.09. The van der Waals surface area contributed by atoms with Gasteiger partial charge in [-0.05, 0) is 24.3 Å². The predicted octanol–water partition coefficient (Wildman–Crippen LogP) is 3.80. The number of rotatable bonds is 4. The highest BCUT2D eigenvalue weighted by molar-refractivity contribution is 6.35. The number of hydrogen-bond donors (Lipinski definition) is 1. The van der Waals surface area contributed by atoms with Gasteiger partial charge in [0.05, 0.1) is 16.7 Å². The molecule has 0 amide bonds. The van der Waals surface area contributed by atoms with Crippen LogP contribution in [0.3, 0.4) is 0 Å². The highest BCUT2D eigenvalue weighted by Crippen LogP contribution is 2.28. The molecule has 100 valence electrons. The molecular weight excluding hydrogens is 272 g/mol. The topological polar surface area (TPSA) is 42.7 Å². The number of anilines is 1. The van der Waals surface area contributed by atoms with E-state index in [2.05, 4.69) is 22.0 Å². The summed E-state index contributed by atoms with van der Waals surface area (Å²) in [6.07, 6.45) is 7.14. The Morgan fingerprint density at radius 3 is 3.05 bits per heavy atom. The monoisotopic (exact) mass is 284 g/mol. The number of halogens is 1. The summed E-state index contributed by atoms with van der Waals surface area (Å²) in [6.45, 7) is 4.35. The van der Waals surface area contributed by atoms with Gasteiger partial charge in [0.2, 0.25) is 0 Å². The van der Waals surface area contributed by atoms with Crippen LogP contribution < -0.4 is 5.32 Å². The van der Waals surface area contributed by atoms with Gasteiger partial charge in [-0.3, -0.25) is 4.98 Å². The van der Waals surface area contributed by atoms with E-state index in [1.54, 1.807) is 17.1 Å². The smallest absolute Gasteiger partial charge is 0.0908 e. The second kappa shape index (κ2) is 5.35. The average molecular weight is 285 g/mol. The molecule has 0 saturated carbocycles. The van der Waals surface area contributed by atoms with Gasteiger partial charge in [0.15, 0.2) is 0 Å². The maximum atomic E-state index is 6.15. The van der Waals surface area contributed by atoms with Crippen molar-refractivity contribution in [1.29, 1.82) is 0 Å². The Labute approximate surface area is 121 Å². The number of nitrogens with zero attached hydrogens (tertiary/aromatic N) is 3. The standard InChI is InChI=1S/C15H13ClN4/c1-2-20-10-11(9-19-20)8-18-14-6-5-13(16)15-12(14)4-3-7-17-15/h2-7,9-10,18H,1,8H2. The number of aromatic nitrogens is 3. The van der Waals surface area contributed by atoms with Gasteiger partial charge in [-0.15, -0.1) is 0 Å². The molecule has 20 heavy (non-hydrogen) atoms. The van der Waals surface area contributed by atoms with E-state index in [0.717, 1.165) is 22.2 Å². The maximum Gasteiger partial charge on any atom is 0.0908 e. The summed E-state index contributed by atoms with van der Waals surface area (Å²) in [5.74, 6) is 0. The van der Waals surface area contributed by atoms with Crippen LogP contribution in [-0.4, -0.2) is 14.8 Å². The number of pyridine rings is 1. The third kappa shape index (κ3) is 2.38. The van der Waals surface area contributed by atoms with Crippen molar-refractivity contribution in [3.8, 4) is 0 Å². The summed E-state index contributed by atoms with van der Waals surface area (Å²) in [6, 6.07) is 7.72. The fraction of sp³-hybridized carbons (Fsp3) is 0.0667. The zero-order valence-corrected chi connectivity index (χ0v) is 11.5. The van der Waals surface area contributed by atoms with Crippen LogP contribution in [0.1, 0.15) is 5.56 Å². The molecule has 0 radical (unpaired) electrons. The summed E-state index contributed by atoms with van der Waals surface area (Å²) >= 11 is 6.15. The molecule has 0 spiro atoms. The average Bonchev–Trinajstić information content (AvgIpc) is 2.95. The Balaban J connectivity index is 1.87. The molecule has 3 rings (SSSR count). The first kappa shape index (κ1) is 12.7. The van der Waals surface area contributed by atoms with Crippen molar-refractivity contribution in [2.75, 3.05) is 5.32 Å². The van der Waals surface area contributed by atoms with Gasteiger partial charge in [0, 0.05) is 41.8 Å². The van der Waals surface area contributed by atoms with Crippen molar-refractivity contribution in [3.05, 3.63) is 60.0 Å². The van der Waals surface area contributed by atoms with E-state index in [0.29, 0.717) is 11.6 Å². The summed E-state index contributed by atoms with van der Waals surface area (Å²) in [4.78, 5) is 4.31. The fourth-order valence-electron chi connectivity index (χ4n) is 2.06. The summed E-state index contributed by atoms with van der Waals surface area (Å²) in [7, 11) is 0. The number of benzene rings is 1. The van der Waals surface area contributed by atoms with Crippen molar-refractivity contribution in [2.45, 2.75) is 6.54 Å². The van der Waals surface area contributed by atoms with Crippen LogP contribution in [0, 0.1) is 0 Å². The van der Waals surface area contributed by atoms with E-state index in [-0.39, 0.29) is 0 Å². The van der Waals surface area contributed by atoms with Gasteiger partial charge in [-0.25, -0.2) is 4.68 Å². The van der Waals surface area contributed by atoms with E-state index in [1.165, 1.54) is 0 Å². The molecule has 0 unspecified atom stereocenters. The van der Waals surface area contributed by atoms with Crippen molar-refractivity contribution >= 4 is 34.4 Å². The quantitative estimate of drug-likeness (QED) is 0.792. The molecule has 3 aromatic rings. The first-order valence-corrected chi connectivity index (χ1v) is 6.58. The molecule has 0 saturated heterocycles. The highest BCUT2D eigenvalue weighted by Gasteiger charge is 2.05. The molecule has 0 fully saturated rings. The highest BCUT2D eigenvalue weighted by atomic mass is 35.5. The third-order valence-corrected chi connectivity index (χ3v) is 3.35. The van der Waals surface area contributed by atoms with Crippen LogP contribution in [0.15, 0.2) is 49.4 Å². The van der Waals surface area contributed by atoms with E-state index >= 15 is 0 Å². The van der Waals surface area contributed by atoms with Gasteiger partial charge >= 0.3 is 0 Å². The molecule has 0 atom stereocenters. The van der Waals surface area contributed by atoms with Crippen LogP contribution in [0.25, 0.3) is 17.1 Å². The van der Waals surface area contributed by atoms with E-state index in [1.807, 2.05) is 36.7 Å². The van der Waals surface area contributed by atoms with Gasteiger partial charge in [0.25, 0.3) is 0 Å². The molecular formula is C15H13ClN4. The van der Waals surface area contributed by atoms with Crippen molar-refractivity contribution in [3.63, 3.8) is 0 Å². The molecule has 0 aliphatic rings. The Bertz CT molecular complexity index is 763. The molecule has 1 N–H and O–H groups in total. The van der Waals surface area contributed by atoms with Gasteiger partial charge in [0.1, 0.15) is 0 Å². The third-order valence-electron chi connectivity index (χ3n) is 3.05. The molecule has 5 heteroatoms. The van der Waals surface area contributed by atoms with Crippen LogP contribution >= 0.6 is 11.6 Å². The SMILES string of the molecule is C=Cn1cc(CNc2ccc(Cl)c3ncccc23)cn1. The van der Waals surface area contributed by atoms with Crippen molar-refractivity contribution < 1.29 is 0 Å². The van der Waals surface area contributed by atoms with Gasteiger partial charge < -0.3 is 5.32 Å². The van der Waals surface area contributed by atoms with Crippen LogP contribution in [0.2, 0.25) is 5.02 Å². The first-order chi connectivity index (χ1) is 9.78. The Morgan fingerprint density at radius 2 is 2.25 bits per heavy atom. The lowest BCUT2D eigenvalue weighted by molar-refractivity contribution is 0.936. The largest absolute Gasteiger partial charge is 0.380 e. The second-order valence-corrected chi connectivity index (χ2v) is 4.77. The molecule has 2 heterocycles. The van der Waals surface area contributed by atoms with Gasteiger partial charge in [-0.1, -0.05) is 18.2 Å². The molecule has 0 aliphatic carbocycles. The Hall–Kier alpha value is -2.33. The first-order valence-electron chi connectivity index (χ1n) is 6.20. The predicted molar refractivity (Wildman–Crippen MR) is 82.7 cm³/mol. The number of hydrogen-bond acceptors (Lipinski definition) is 3. The minimum Gasteiger partial charge on any atom is -0.380 e. The summed E-state index contributed by atoms with van der Waals surface area (Å²) in [5.41, 5.74) is 2.89. The lowest BCUT2D eigenvalue weighted by Crippen LogP contribution is -1.99. The molecule has 0 aliphatic heterocycles. The van der Waals surface area contributed by atoms with Crippen LogP contribution in [0.5, 0.6) is 0 Å². The minimum atomic E-state index is 0.658. The molecule has 0 bridgehead atoms. The summed E-state index contributed by atoms with van der Waals surface area (Å²) in [5, 5.41) is 9.20. The van der Waals surface area contributed by atoms with Crippen molar-refractivity contribution in [2.24, 2.45) is 0 Å². The second-order valence-electron chi connectivity index (χ2n) is 4.36. The lowest BCUT2D eigenvalue weighted by atomic mass is 10.1. The summed E-state index contributed by atoms with van der Waals surface area (Å²) < 4.78 is 1.68. The zero-order valence-electron chi connectivity index (χ0n) is 10.8. The molecule has 4 nitrogen and oxygen atoms in total. The Kier molecular flexibility index (Phi) is 3.39. The van der Waals surface area contributed by atoms with Crippen LogP contribution in [0.4, 0.5) is 5.69 Å². The van der Waals surface area contributed by atoms with Crippen molar-refractivity contribution in [1.82, 2.24) is 14.8 Å². The minimum absolute atomic E-state index is 0.658. The normalized spacial score (nSPS) is 10.7. The maximum absolute atomic E-state index is 6.15. The van der Waals surface area contributed by atoms with Gasteiger partial charge in [-0.2, -0.15) is 5.10 Å². The molecule has 1 aromatic carbocycles. The number of fused-ring (bicyclic) bond motifs is 1. The zero-order chi connectivity index (χ0) is 13.9. The van der Waals surface area contributed by atoms with E-state index < -0.39 is 0 Å². The fourth-order valence-corrected chi connectivity index (χ4v) is 2.27. The van der Waals surface area contributed by atoms with E-state index in [4.69, 9.17) is 11.6 Å². The molecule has 2 aromatic heterocycles. The van der Waals surface area contributed by atoms with E-state index in [9.17, 15) is 0 Å². The number of nitrogens with one attached hydrogen (secondary N) is 1.